The van der Waals surface area contributed by atoms with Gasteiger partial charge in [-0.1, -0.05) is 39.0 Å². The Hall–Kier alpha value is -1.59. The van der Waals surface area contributed by atoms with E-state index in [1.54, 1.807) is 7.11 Å². The molecule has 1 aromatic rings. The zero-order valence-corrected chi connectivity index (χ0v) is 14.6. The van der Waals surface area contributed by atoms with Crippen LogP contribution in [0.2, 0.25) is 0 Å². The molecule has 0 aromatic heterocycles. The number of nitrogens with zero attached hydrogens (tertiary/aromatic N) is 1. The molecule has 1 amide bonds. The number of morpholine rings is 1. The molecular formula is C18H28N2O3. The molecule has 1 heterocycles. The predicted octanol–water partition coefficient (Wildman–Crippen LogP) is 2.23. The Labute approximate surface area is 139 Å². The highest BCUT2D eigenvalue weighted by atomic mass is 16.5. The Bertz CT molecular complexity index is 519. The van der Waals surface area contributed by atoms with Crippen molar-refractivity contribution in [2.24, 2.45) is 5.41 Å². The fourth-order valence-corrected chi connectivity index (χ4v) is 2.72. The molecule has 0 bridgehead atoms. The fourth-order valence-electron chi connectivity index (χ4n) is 2.72. The highest BCUT2D eigenvalue weighted by Crippen LogP contribution is 2.29. The predicted molar refractivity (Wildman–Crippen MR) is 90.6 cm³/mol. The summed E-state index contributed by atoms with van der Waals surface area (Å²) in [5, 5.41) is 3.09. The molecule has 5 nitrogen and oxygen atoms in total. The molecule has 0 saturated carbocycles. The average molecular weight is 320 g/mol. The third-order valence-corrected chi connectivity index (χ3v) is 4.12. The molecule has 0 spiro atoms. The van der Waals surface area contributed by atoms with Gasteiger partial charge in [-0.15, -0.1) is 0 Å². The summed E-state index contributed by atoms with van der Waals surface area (Å²) in [5.74, 6) is 0.916. The molecule has 5 heteroatoms. The summed E-state index contributed by atoms with van der Waals surface area (Å²) in [4.78, 5) is 14.6. The van der Waals surface area contributed by atoms with Gasteiger partial charge in [-0.25, -0.2) is 0 Å². The first-order valence-electron chi connectivity index (χ1n) is 8.16. The van der Waals surface area contributed by atoms with Gasteiger partial charge in [0.1, 0.15) is 5.75 Å². The van der Waals surface area contributed by atoms with Crippen molar-refractivity contribution in [1.29, 1.82) is 0 Å². The van der Waals surface area contributed by atoms with Gasteiger partial charge in [0, 0.05) is 30.6 Å². The van der Waals surface area contributed by atoms with Crippen LogP contribution in [-0.4, -0.2) is 50.8 Å². The second-order valence-corrected chi connectivity index (χ2v) is 6.87. The van der Waals surface area contributed by atoms with E-state index in [2.05, 4.69) is 16.3 Å². The van der Waals surface area contributed by atoms with Crippen molar-refractivity contribution in [3.63, 3.8) is 0 Å². The molecule has 0 aliphatic carbocycles. The first-order chi connectivity index (χ1) is 10.9. The third kappa shape index (κ3) is 4.69. The Morgan fingerprint density at radius 3 is 2.57 bits per heavy atom. The van der Waals surface area contributed by atoms with Crippen molar-refractivity contribution < 1.29 is 14.3 Å². The number of rotatable bonds is 5. The largest absolute Gasteiger partial charge is 0.496 e. The highest BCUT2D eigenvalue weighted by Gasteiger charge is 2.27. The van der Waals surface area contributed by atoms with E-state index in [0.717, 1.165) is 37.6 Å². The Morgan fingerprint density at radius 2 is 1.96 bits per heavy atom. The molecule has 1 fully saturated rings. The monoisotopic (exact) mass is 320 g/mol. The lowest BCUT2D eigenvalue weighted by Gasteiger charge is -2.36. The number of nitrogens with one attached hydrogen (secondary N) is 1. The lowest BCUT2D eigenvalue weighted by Crippen LogP contribution is -2.45. The van der Waals surface area contributed by atoms with Gasteiger partial charge in [-0.2, -0.15) is 0 Å². The van der Waals surface area contributed by atoms with E-state index in [4.69, 9.17) is 9.47 Å². The molecule has 23 heavy (non-hydrogen) atoms. The second-order valence-electron chi connectivity index (χ2n) is 6.87. The molecule has 1 unspecified atom stereocenters. The molecule has 1 aromatic carbocycles. The minimum atomic E-state index is -0.393. The molecular weight excluding hydrogens is 292 g/mol. The smallest absolute Gasteiger partial charge is 0.225 e. The maximum Gasteiger partial charge on any atom is 0.225 e. The quantitative estimate of drug-likeness (QED) is 0.904. The summed E-state index contributed by atoms with van der Waals surface area (Å²) in [6, 6.07) is 8.10. The maximum atomic E-state index is 12.3. The number of methoxy groups -OCH3 is 1. The normalized spacial score (nSPS) is 17.6. The van der Waals surface area contributed by atoms with E-state index in [-0.39, 0.29) is 11.9 Å². The van der Waals surface area contributed by atoms with Gasteiger partial charge in [-0.05, 0) is 6.07 Å². The van der Waals surface area contributed by atoms with Gasteiger partial charge in [0.05, 0.1) is 26.4 Å². The van der Waals surface area contributed by atoms with Crippen molar-refractivity contribution in [1.82, 2.24) is 10.2 Å². The van der Waals surface area contributed by atoms with Crippen LogP contribution in [-0.2, 0) is 9.53 Å². The van der Waals surface area contributed by atoms with Crippen LogP contribution in [0.1, 0.15) is 32.4 Å². The van der Waals surface area contributed by atoms with E-state index >= 15 is 0 Å². The van der Waals surface area contributed by atoms with Crippen molar-refractivity contribution in [2.45, 2.75) is 26.8 Å². The van der Waals surface area contributed by atoms with E-state index in [1.807, 2.05) is 39.0 Å². The fraction of sp³-hybridized carbons (Fsp3) is 0.611. The van der Waals surface area contributed by atoms with Crippen LogP contribution in [0, 0.1) is 5.41 Å². The number of hydrogen-bond acceptors (Lipinski definition) is 4. The van der Waals surface area contributed by atoms with E-state index in [1.165, 1.54) is 0 Å². The van der Waals surface area contributed by atoms with E-state index < -0.39 is 5.41 Å². The molecule has 1 saturated heterocycles. The number of carbonyl (C=O) groups excluding carboxylic acids is 1. The van der Waals surface area contributed by atoms with Crippen LogP contribution in [0.3, 0.4) is 0 Å². The summed E-state index contributed by atoms with van der Waals surface area (Å²) in [7, 11) is 1.68. The van der Waals surface area contributed by atoms with Gasteiger partial charge in [-0.3, -0.25) is 9.69 Å². The summed E-state index contributed by atoms with van der Waals surface area (Å²) in [6.45, 7) is 9.50. The molecule has 2 rings (SSSR count). The van der Waals surface area contributed by atoms with Crippen LogP contribution in [0.4, 0.5) is 0 Å². The standard InChI is InChI=1S/C18H28N2O3/c1-18(2,3)17(21)19-13-15(20-9-11-23-12-10-20)14-7-5-6-8-16(14)22-4/h5-8,15H,9-13H2,1-4H3,(H,19,21). The van der Waals surface area contributed by atoms with Crippen LogP contribution in [0.15, 0.2) is 24.3 Å². The molecule has 128 valence electrons. The zero-order valence-electron chi connectivity index (χ0n) is 14.6. The van der Waals surface area contributed by atoms with Gasteiger partial charge in [0.15, 0.2) is 0 Å². The Kier molecular flexibility index (Phi) is 6.02. The lowest BCUT2D eigenvalue weighted by atomic mass is 9.95. The average Bonchev–Trinajstić information content (AvgIpc) is 2.55. The van der Waals surface area contributed by atoms with Gasteiger partial charge in [0.25, 0.3) is 0 Å². The molecule has 1 aliphatic heterocycles. The van der Waals surface area contributed by atoms with Crippen molar-refractivity contribution in [2.75, 3.05) is 40.0 Å². The summed E-state index contributed by atoms with van der Waals surface area (Å²) >= 11 is 0. The van der Waals surface area contributed by atoms with E-state index in [0.29, 0.717) is 6.54 Å². The number of carbonyl (C=O) groups is 1. The van der Waals surface area contributed by atoms with Crippen molar-refractivity contribution in [3.05, 3.63) is 29.8 Å². The summed E-state index contributed by atoms with van der Waals surface area (Å²) in [6.07, 6.45) is 0. The third-order valence-electron chi connectivity index (χ3n) is 4.12. The summed E-state index contributed by atoms with van der Waals surface area (Å²) < 4.78 is 11.0. The van der Waals surface area contributed by atoms with Crippen molar-refractivity contribution in [3.8, 4) is 5.75 Å². The maximum absolute atomic E-state index is 12.3. The number of ether oxygens (including phenoxy) is 2. The first kappa shape index (κ1) is 17.8. The van der Waals surface area contributed by atoms with Crippen LogP contribution >= 0.6 is 0 Å². The summed E-state index contributed by atoms with van der Waals surface area (Å²) in [5.41, 5.74) is 0.710. The molecule has 0 radical (unpaired) electrons. The van der Waals surface area contributed by atoms with Crippen molar-refractivity contribution >= 4 is 5.91 Å². The minimum absolute atomic E-state index is 0.0608. The van der Waals surface area contributed by atoms with Gasteiger partial charge >= 0.3 is 0 Å². The van der Waals surface area contributed by atoms with Gasteiger partial charge in [0.2, 0.25) is 5.91 Å². The van der Waals surface area contributed by atoms with Crippen LogP contribution in [0.25, 0.3) is 0 Å². The highest BCUT2D eigenvalue weighted by molar-refractivity contribution is 5.81. The minimum Gasteiger partial charge on any atom is -0.496 e. The topological polar surface area (TPSA) is 50.8 Å². The lowest BCUT2D eigenvalue weighted by molar-refractivity contribution is -0.128. The second kappa shape index (κ2) is 7.79. The zero-order chi connectivity index (χ0) is 16.9. The molecule has 1 aliphatic rings. The van der Waals surface area contributed by atoms with Gasteiger partial charge < -0.3 is 14.8 Å². The molecule has 1 N–H and O–H groups in total. The Morgan fingerprint density at radius 1 is 1.30 bits per heavy atom. The Balaban J connectivity index is 2.19. The SMILES string of the molecule is COc1ccccc1C(CNC(=O)C(C)(C)C)N1CCOCC1. The first-order valence-corrected chi connectivity index (χ1v) is 8.16. The number of benzene rings is 1. The van der Waals surface area contributed by atoms with Crippen LogP contribution in [0.5, 0.6) is 5.75 Å². The number of amides is 1. The number of hydrogen-bond donors (Lipinski definition) is 1. The molecule has 1 atom stereocenters. The van der Waals surface area contributed by atoms with Crippen LogP contribution < -0.4 is 10.1 Å². The van der Waals surface area contributed by atoms with E-state index in [9.17, 15) is 4.79 Å². The number of para-hydroxylation sites is 1.